The van der Waals surface area contributed by atoms with Crippen LogP contribution in [0, 0.1) is 0 Å². The molecule has 6 heteroatoms. The Bertz CT molecular complexity index is 201. The van der Waals surface area contributed by atoms with Gasteiger partial charge in [-0.05, 0) is 33.2 Å². The highest BCUT2D eigenvalue weighted by atomic mass is 32.2. The van der Waals surface area contributed by atoms with Crippen LogP contribution in [-0.2, 0) is 13.6 Å². The number of ketones is 1. The maximum absolute atomic E-state index is 11.5. The summed E-state index contributed by atoms with van der Waals surface area (Å²) in [5, 5.41) is 0. The van der Waals surface area contributed by atoms with E-state index in [-0.39, 0.29) is 5.78 Å². The third kappa shape index (κ3) is 7.73. The van der Waals surface area contributed by atoms with Gasteiger partial charge in [-0.2, -0.15) is 25.3 Å². The molecule has 0 aliphatic heterocycles. The Morgan fingerprint density at radius 2 is 1.75 bits per heavy atom. The number of rotatable bonds is 9. The van der Waals surface area contributed by atoms with Gasteiger partial charge in [0.25, 0.3) is 0 Å². The number of hydrogen-bond acceptors (Lipinski definition) is 5. The second-order valence-corrected chi connectivity index (χ2v) is 7.92. The molecule has 0 aromatic carbocycles. The van der Waals surface area contributed by atoms with Crippen molar-refractivity contribution in [2.75, 3.05) is 13.2 Å². The second-order valence-electron chi connectivity index (χ2n) is 3.68. The van der Waals surface area contributed by atoms with E-state index in [4.69, 9.17) is 8.85 Å². The van der Waals surface area contributed by atoms with Crippen molar-refractivity contribution in [3.8, 4) is 0 Å². The van der Waals surface area contributed by atoms with Gasteiger partial charge in [0.15, 0.2) is 5.78 Å². The fourth-order valence-corrected chi connectivity index (χ4v) is 3.19. The quantitative estimate of drug-likeness (QED) is 0.387. The van der Waals surface area contributed by atoms with Crippen molar-refractivity contribution in [3.63, 3.8) is 0 Å². The normalized spacial score (nSPS) is 12.1. The summed E-state index contributed by atoms with van der Waals surface area (Å²) in [6, 6.07) is 0.866. The van der Waals surface area contributed by atoms with E-state index in [1.807, 2.05) is 13.8 Å². The Morgan fingerprint density at radius 1 is 1.25 bits per heavy atom. The summed E-state index contributed by atoms with van der Waals surface area (Å²) < 4.78 is 10.2. The molecule has 0 saturated heterocycles. The van der Waals surface area contributed by atoms with E-state index >= 15 is 0 Å². The van der Waals surface area contributed by atoms with Crippen molar-refractivity contribution in [2.45, 2.75) is 43.7 Å². The Balaban J connectivity index is 3.81. The molecule has 0 N–H and O–H groups in total. The summed E-state index contributed by atoms with van der Waals surface area (Å²) in [5.41, 5.74) is 0. The van der Waals surface area contributed by atoms with Gasteiger partial charge in [0.2, 0.25) is 0 Å². The van der Waals surface area contributed by atoms with E-state index in [9.17, 15) is 4.79 Å². The zero-order valence-corrected chi connectivity index (χ0v) is 13.2. The van der Waals surface area contributed by atoms with Crippen LogP contribution in [0.3, 0.4) is 0 Å². The fraction of sp³-hybridized carbons (Fsp3) is 0.900. The molecule has 0 aromatic heterocycles. The minimum Gasteiger partial charge on any atom is -0.397 e. The molecule has 0 amide bonds. The Hall–Kier alpha value is 0.507. The highest BCUT2D eigenvalue weighted by Gasteiger charge is 2.23. The fourth-order valence-electron chi connectivity index (χ4n) is 1.25. The van der Waals surface area contributed by atoms with E-state index in [0.29, 0.717) is 19.6 Å². The molecule has 0 unspecified atom stereocenters. The van der Waals surface area contributed by atoms with E-state index in [0.717, 1.165) is 12.5 Å². The van der Waals surface area contributed by atoms with Gasteiger partial charge >= 0.3 is 9.28 Å². The lowest BCUT2D eigenvalue weighted by Gasteiger charge is -2.17. The molecule has 96 valence electrons. The van der Waals surface area contributed by atoms with Crippen LogP contribution in [0.2, 0.25) is 6.04 Å². The van der Waals surface area contributed by atoms with Crippen molar-refractivity contribution in [1.82, 2.24) is 0 Å². The van der Waals surface area contributed by atoms with Crippen LogP contribution in [-0.4, -0.2) is 32.4 Å². The summed E-state index contributed by atoms with van der Waals surface area (Å²) in [6.07, 6.45) is 1.29. The number of thiol groups is 2. The Labute approximate surface area is 111 Å². The number of hydrogen-bond donors (Lipinski definition) is 2. The van der Waals surface area contributed by atoms with Crippen LogP contribution >= 0.6 is 25.3 Å². The van der Waals surface area contributed by atoms with Gasteiger partial charge in [0.05, 0.1) is 0 Å². The molecule has 0 rings (SSSR count). The number of carbonyl (C=O) groups excluding carboxylic acids is 1. The van der Waals surface area contributed by atoms with Crippen molar-refractivity contribution in [1.29, 1.82) is 0 Å². The van der Waals surface area contributed by atoms with Gasteiger partial charge in [-0.25, -0.2) is 0 Å². The molecule has 0 saturated carbocycles. The van der Waals surface area contributed by atoms with Crippen LogP contribution in [0.5, 0.6) is 0 Å². The molecule has 0 spiro atoms. The first-order chi connectivity index (χ1) is 7.41. The topological polar surface area (TPSA) is 35.5 Å². The summed E-state index contributed by atoms with van der Waals surface area (Å²) in [4.78, 5) is 11.5. The van der Waals surface area contributed by atoms with Gasteiger partial charge in [-0.15, -0.1) is 0 Å². The third-order valence-corrected chi connectivity index (χ3v) is 4.87. The average molecular weight is 283 g/mol. The molecule has 0 heterocycles. The predicted molar refractivity (Wildman–Crippen MR) is 75.8 cm³/mol. The van der Waals surface area contributed by atoms with E-state index in [1.54, 1.807) is 6.92 Å². The molecular weight excluding hydrogens is 260 g/mol. The molecule has 0 fully saturated rings. The van der Waals surface area contributed by atoms with Crippen molar-refractivity contribution < 1.29 is 13.6 Å². The first-order valence-corrected chi connectivity index (χ1v) is 8.28. The monoisotopic (exact) mass is 282 g/mol. The second kappa shape index (κ2) is 8.58. The van der Waals surface area contributed by atoms with Gasteiger partial charge < -0.3 is 8.85 Å². The van der Waals surface area contributed by atoms with Crippen LogP contribution < -0.4 is 0 Å². The first kappa shape index (κ1) is 16.5. The molecule has 0 aliphatic carbocycles. The minimum absolute atomic E-state index is 0.0555. The third-order valence-electron chi connectivity index (χ3n) is 2.08. The summed E-state index contributed by atoms with van der Waals surface area (Å²) in [6.45, 7) is 6.98. The molecule has 0 aliphatic rings. The SMILES string of the molecule is CCO[SiH](CCCC(=O)C(C)(S)S)OCC. The van der Waals surface area contributed by atoms with Crippen molar-refractivity contribution in [3.05, 3.63) is 0 Å². The maximum Gasteiger partial charge on any atom is 0.321 e. The zero-order valence-electron chi connectivity index (χ0n) is 10.2. The van der Waals surface area contributed by atoms with Crippen LogP contribution in [0.1, 0.15) is 33.6 Å². The minimum atomic E-state index is -1.55. The molecular formula is C10H22O3S2Si. The molecule has 16 heavy (non-hydrogen) atoms. The van der Waals surface area contributed by atoms with Crippen LogP contribution in [0.4, 0.5) is 0 Å². The predicted octanol–water partition coefficient (Wildman–Crippen LogP) is 2.21. The smallest absolute Gasteiger partial charge is 0.321 e. The average Bonchev–Trinajstić information content (AvgIpc) is 2.16. The molecule has 0 atom stereocenters. The highest BCUT2D eigenvalue weighted by molar-refractivity contribution is 8.01. The Morgan fingerprint density at radius 3 is 2.12 bits per heavy atom. The highest BCUT2D eigenvalue weighted by Crippen LogP contribution is 2.22. The van der Waals surface area contributed by atoms with Crippen LogP contribution in [0.25, 0.3) is 0 Å². The lowest BCUT2D eigenvalue weighted by atomic mass is 10.2. The van der Waals surface area contributed by atoms with E-state index in [2.05, 4.69) is 25.3 Å². The van der Waals surface area contributed by atoms with Gasteiger partial charge in [0.1, 0.15) is 4.08 Å². The van der Waals surface area contributed by atoms with Crippen molar-refractivity contribution in [2.24, 2.45) is 0 Å². The molecule has 0 bridgehead atoms. The molecule has 0 aromatic rings. The van der Waals surface area contributed by atoms with Gasteiger partial charge in [-0.1, -0.05) is 0 Å². The van der Waals surface area contributed by atoms with E-state index < -0.39 is 13.4 Å². The standard InChI is InChI=1S/C10H22O3S2Si/c1-4-12-16(13-5-2)8-6-7-9(11)10(3,14)15/h14-16H,4-8H2,1-3H3. The van der Waals surface area contributed by atoms with E-state index in [1.165, 1.54) is 0 Å². The number of Topliss-reactive ketones (excluding diaryl/α,β-unsaturated/α-hetero) is 1. The summed E-state index contributed by atoms with van der Waals surface area (Å²) >= 11 is 8.24. The van der Waals surface area contributed by atoms with Crippen molar-refractivity contribution >= 4 is 40.3 Å². The lowest BCUT2D eigenvalue weighted by molar-refractivity contribution is -0.119. The maximum atomic E-state index is 11.5. The molecule has 0 radical (unpaired) electrons. The van der Waals surface area contributed by atoms with Crippen LogP contribution in [0.15, 0.2) is 0 Å². The Kier molecular flexibility index (Phi) is 8.85. The molecule has 3 nitrogen and oxygen atoms in total. The van der Waals surface area contributed by atoms with Gasteiger partial charge in [-0.3, -0.25) is 4.79 Å². The first-order valence-electron chi connectivity index (χ1n) is 5.63. The lowest BCUT2D eigenvalue weighted by Crippen LogP contribution is -2.25. The van der Waals surface area contributed by atoms with Gasteiger partial charge in [0, 0.05) is 19.6 Å². The summed E-state index contributed by atoms with van der Waals surface area (Å²) in [7, 11) is -1.55. The zero-order chi connectivity index (χ0) is 12.6. The number of carbonyl (C=O) groups is 1. The largest absolute Gasteiger partial charge is 0.397 e. The summed E-state index contributed by atoms with van der Waals surface area (Å²) in [5.74, 6) is 0.0555.